The molecule has 0 aliphatic carbocycles. The van der Waals surface area contributed by atoms with E-state index in [0.717, 1.165) is 12.1 Å². The van der Waals surface area contributed by atoms with E-state index in [2.05, 4.69) is 10.2 Å². The molecule has 0 radical (unpaired) electrons. The van der Waals surface area contributed by atoms with Crippen LogP contribution in [0.3, 0.4) is 0 Å². The van der Waals surface area contributed by atoms with E-state index in [-0.39, 0.29) is 18.1 Å². The lowest BCUT2D eigenvalue weighted by atomic mass is 10.2. The lowest BCUT2D eigenvalue weighted by Gasteiger charge is -2.10. The van der Waals surface area contributed by atoms with Crippen molar-refractivity contribution in [1.82, 2.24) is 10.9 Å². The summed E-state index contributed by atoms with van der Waals surface area (Å²) in [4.78, 5) is 32.3. The number of nitro groups is 1. The van der Waals surface area contributed by atoms with Crippen molar-refractivity contribution < 1.29 is 23.7 Å². The molecular weight excluding hydrogens is 298 g/mol. The predicted molar refractivity (Wildman–Crippen MR) is 70.4 cm³/mol. The third kappa shape index (κ3) is 3.97. The van der Waals surface area contributed by atoms with Crippen LogP contribution in [0.4, 0.5) is 10.7 Å². The van der Waals surface area contributed by atoms with Gasteiger partial charge >= 0.3 is 17.9 Å². The minimum atomic E-state index is -1.01. The Labute approximate surface area is 123 Å². The SMILES string of the molecule is CCOC(=O)/C(C#N)=C(/NNC(N)=O)c1ccc([N+](=O)[O-])o1. The monoisotopic (exact) mass is 309 g/mol. The van der Waals surface area contributed by atoms with Crippen molar-refractivity contribution in [3.63, 3.8) is 0 Å². The molecule has 0 spiro atoms. The quantitative estimate of drug-likeness (QED) is 0.219. The second-order valence-electron chi connectivity index (χ2n) is 3.59. The summed E-state index contributed by atoms with van der Waals surface area (Å²) in [5.74, 6) is -1.85. The van der Waals surface area contributed by atoms with Gasteiger partial charge in [-0.3, -0.25) is 21.0 Å². The fraction of sp³-hybridized carbons (Fsp3) is 0.182. The summed E-state index contributed by atoms with van der Waals surface area (Å²) in [5, 5.41) is 19.7. The first-order valence-corrected chi connectivity index (χ1v) is 5.78. The molecule has 1 aromatic heterocycles. The molecular formula is C11H11N5O6. The van der Waals surface area contributed by atoms with Gasteiger partial charge in [0.15, 0.2) is 11.3 Å². The van der Waals surface area contributed by atoms with Gasteiger partial charge in [-0.05, 0) is 13.0 Å². The zero-order valence-corrected chi connectivity index (χ0v) is 11.3. The number of nitrogens with one attached hydrogen (secondary N) is 2. The van der Waals surface area contributed by atoms with Crippen molar-refractivity contribution in [2.45, 2.75) is 6.92 Å². The van der Waals surface area contributed by atoms with Crippen LogP contribution in [0.15, 0.2) is 22.1 Å². The summed E-state index contributed by atoms with van der Waals surface area (Å²) in [6, 6.07) is 2.71. The van der Waals surface area contributed by atoms with Crippen molar-refractivity contribution in [2.75, 3.05) is 6.61 Å². The Kier molecular flexibility index (Phi) is 5.47. The molecule has 11 heteroatoms. The van der Waals surface area contributed by atoms with Gasteiger partial charge in [-0.2, -0.15) is 5.26 Å². The zero-order valence-electron chi connectivity index (χ0n) is 11.3. The highest BCUT2D eigenvalue weighted by molar-refractivity contribution is 6.00. The van der Waals surface area contributed by atoms with Crippen molar-refractivity contribution in [2.24, 2.45) is 5.73 Å². The number of esters is 1. The molecule has 0 atom stereocenters. The van der Waals surface area contributed by atoms with Gasteiger partial charge in [-0.1, -0.05) is 0 Å². The fourth-order valence-electron chi connectivity index (χ4n) is 1.34. The molecule has 0 saturated heterocycles. The lowest BCUT2D eigenvalue weighted by Crippen LogP contribution is -2.40. The number of nitrogens with two attached hydrogens (primary N) is 1. The van der Waals surface area contributed by atoms with Crippen LogP contribution in [0.25, 0.3) is 5.70 Å². The molecule has 0 aliphatic rings. The normalized spacial score (nSPS) is 10.9. The Morgan fingerprint density at radius 3 is 2.64 bits per heavy atom. The first-order chi connectivity index (χ1) is 10.4. The van der Waals surface area contributed by atoms with E-state index >= 15 is 0 Å². The number of ether oxygens (including phenoxy) is 1. The molecule has 22 heavy (non-hydrogen) atoms. The number of carbonyl (C=O) groups excluding carboxylic acids is 2. The van der Waals surface area contributed by atoms with E-state index in [1.54, 1.807) is 6.07 Å². The number of hydrogen-bond donors (Lipinski definition) is 3. The van der Waals surface area contributed by atoms with Crippen molar-refractivity contribution in [3.05, 3.63) is 33.6 Å². The minimum Gasteiger partial charge on any atom is -0.462 e. The topological polar surface area (TPSA) is 174 Å². The van der Waals surface area contributed by atoms with Crippen LogP contribution in [0.5, 0.6) is 0 Å². The summed E-state index contributed by atoms with van der Waals surface area (Å²) in [5.41, 5.74) is 8.12. The second kappa shape index (κ2) is 7.29. The number of urea groups is 1. The fourth-order valence-corrected chi connectivity index (χ4v) is 1.34. The van der Waals surface area contributed by atoms with Crippen LogP contribution in [0, 0.1) is 21.4 Å². The van der Waals surface area contributed by atoms with E-state index in [1.807, 2.05) is 5.43 Å². The maximum atomic E-state index is 11.7. The Morgan fingerprint density at radius 2 is 2.18 bits per heavy atom. The number of nitrogens with zero attached hydrogens (tertiary/aromatic N) is 2. The van der Waals surface area contributed by atoms with Gasteiger partial charge in [0.2, 0.25) is 0 Å². The van der Waals surface area contributed by atoms with Crippen molar-refractivity contribution in [3.8, 4) is 6.07 Å². The third-order valence-electron chi connectivity index (χ3n) is 2.17. The highest BCUT2D eigenvalue weighted by Gasteiger charge is 2.23. The summed E-state index contributed by atoms with van der Waals surface area (Å²) in [6.07, 6.45) is 0. The average molecular weight is 309 g/mol. The molecule has 1 rings (SSSR count). The van der Waals surface area contributed by atoms with Gasteiger partial charge in [0.05, 0.1) is 12.7 Å². The van der Waals surface area contributed by atoms with Crippen molar-refractivity contribution in [1.29, 1.82) is 5.26 Å². The van der Waals surface area contributed by atoms with Gasteiger partial charge in [0.1, 0.15) is 16.7 Å². The molecule has 0 unspecified atom stereocenters. The molecule has 11 nitrogen and oxygen atoms in total. The summed E-state index contributed by atoms with van der Waals surface area (Å²) in [7, 11) is 0. The number of hydrogen-bond acceptors (Lipinski definition) is 8. The average Bonchev–Trinajstić information content (AvgIpc) is 2.93. The number of furan rings is 1. The molecule has 2 amide bonds. The Balaban J connectivity index is 3.31. The molecule has 116 valence electrons. The van der Waals surface area contributed by atoms with E-state index in [1.165, 1.54) is 6.92 Å². The maximum Gasteiger partial charge on any atom is 0.433 e. The summed E-state index contributed by atoms with van der Waals surface area (Å²) in [6.45, 7) is 1.53. The van der Waals surface area contributed by atoms with Gasteiger partial charge in [0, 0.05) is 0 Å². The molecule has 1 heterocycles. The highest BCUT2D eigenvalue weighted by Crippen LogP contribution is 2.23. The third-order valence-corrected chi connectivity index (χ3v) is 2.17. The first-order valence-electron chi connectivity index (χ1n) is 5.78. The number of rotatable bonds is 6. The summed E-state index contributed by atoms with van der Waals surface area (Å²) < 4.78 is 9.56. The van der Waals surface area contributed by atoms with Gasteiger partial charge < -0.3 is 14.9 Å². The van der Waals surface area contributed by atoms with E-state index in [4.69, 9.17) is 15.4 Å². The maximum absolute atomic E-state index is 11.7. The van der Waals surface area contributed by atoms with Gasteiger partial charge in [0.25, 0.3) is 0 Å². The minimum absolute atomic E-state index is 0.00115. The number of hydrazine groups is 1. The summed E-state index contributed by atoms with van der Waals surface area (Å²) >= 11 is 0. The number of amides is 2. The molecule has 0 bridgehead atoms. The largest absolute Gasteiger partial charge is 0.462 e. The zero-order chi connectivity index (χ0) is 16.7. The number of nitriles is 1. The van der Waals surface area contributed by atoms with Crippen LogP contribution in [-0.2, 0) is 9.53 Å². The van der Waals surface area contributed by atoms with Crippen LogP contribution >= 0.6 is 0 Å². The van der Waals surface area contributed by atoms with Crippen LogP contribution < -0.4 is 16.6 Å². The lowest BCUT2D eigenvalue weighted by molar-refractivity contribution is -0.402. The van der Waals surface area contributed by atoms with Gasteiger partial charge in [-0.25, -0.2) is 9.59 Å². The Hall–Kier alpha value is -3.55. The number of primary amides is 1. The van der Waals surface area contributed by atoms with Crippen LogP contribution in [0.2, 0.25) is 0 Å². The van der Waals surface area contributed by atoms with E-state index < -0.39 is 28.4 Å². The molecule has 0 aromatic carbocycles. The molecule has 0 fully saturated rings. The molecule has 1 aromatic rings. The van der Waals surface area contributed by atoms with E-state index in [0.29, 0.717) is 0 Å². The van der Waals surface area contributed by atoms with Crippen molar-refractivity contribution >= 4 is 23.6 Å². The predicted octanol–water partition coefficient (Wildman–Crippen LogP) is 0.158. The van der Waals surface area contributed by atoms with Crippen LogP contribution in [-0.4, -0.2) is 23.5 Å². The molecule has 4 N–H and O–H groups in total. The molecule has 0 saturated carbocycles. The Bertz CT molecular complexity index is 671. The second-order valence-corrected chi connectivity index (χ2v) is 3.59. The molecule has 0 aliphatic heterocycles. The van der Waals surface area contributed by atoms with Gasteiger partial charge in [-0.15, -0.1) is 0 Å². The van der Waals surface area contributed by atoms with E-state index in [9.17, 15) is 19.7 Å². The van der Waals surface area contributed by atoms with Crippen LogP contribution in [0.1, 0.15) is 12.7 Å². The Morgan fingerprint density at radius 1 is 1.50 bits per heavy atom. The smallest absolute Gasteiger partial charge is 0.433 e. The highest BCUT2D eigenvalue weighted by atomic mass is 16.6. The standard InChI is InChI=1S/C11H11N5O6/c1-2-21-10(17)6(5-12)9(14-15-11(13)18)7-3-4-8(22-7)16(19)20/h3-4,14H,2H2,1H3,(H3,13,15,18)/b9-6+. The number of carbonyl (C=O) groups is 2. The first kappa shape index (κ1) is 16.5.